The van der Waals surface area contributed by atoms with E-state index in [-0.39, 0.29) is 18.1 Å². The fourth-order valence-corrected chi connectivity index (χ4v) is 2.03. The van der Waals surface area contributed by atoms with Crippen LogP contribution in [0.15, 0.2) is 18.3 Å². The monoisotopic (exact) mass is 281 g/mol. The normalized spacial score (nSPS) is 10.8. The lowest BCUT2D eigenvalue weighted by Crippen LogP contribution is -2.36. The average molecular weight is 281 g/mol. The van der Waals surface area contributed by atoms with Crippen molar-refractivity contribution in [2.24, 2.45) is 0 Å². The molecule has 0 bridgehead atoms. The molecule has 0 spiro atoms. The fraction of sp³-hybridized carbons (Fsp3) is 0.571. The fourth-order valence-electron chi connectivity index (χ4n) is 2.03. The van der Waals surface area contributed by atoms with E-state index in [1.807, 2.05) is 21.0 Å². The molecule has 6 heteroatoms. The van der Waals surface area contributed by atoms with Gasteiger partial charge in [0.2, 0.25) is 5.91 Å². The van der Waals surface area contributed by atoms with E-state index in [2.05, 4.69) is 4.90 Å². The Kier molecular flexibility index (Phi) is 6.24. The highest BCUT2D eigenvalue weighted by Gasteiger charge is 2.15. The minimum Gasteiger partial charge on any atom is -0.477 e. The van der Waals surface area contributed by atoms with Crippen molar-refractivity contribution in [2.45, 2.75) is 19.9 Å². The SMILES string of the molecule is CCN(CCCN(C)C)C(=O)Cn1cccc1C(=O)O. The van der Waals surface area contributed by atoms with Gasteiger partial charge >= 0.3 is 5.97 Å². The standard InChI is InChI=1S/C14H23N3O3/c1-4-16(10-6-8-15(2)3)13(18)11-17-9-5-7-12(17)14(19)20/h5,7,9H,4,6,8,10-11H2,1-3H3,(H,19,20). The number of hydrogen-bond donors (Lipinski definition) is 1. The number of hydrogen-bond acceptors (Lipinski definition) is 3. The summed E-state index contributed by atoms with van der Waals surface area (Å²) in [6, 6.07) is 3.14. The van der Waals surface area contributed by atoms with Gasteiger partial charge in [0, 0.05) is 19.3 Å². The molecule has 112 valence electrons. The summed E-state index contributed by atoms with van der Waals surface area (Å²) < 4.78 is 1.47. The summed E-state index contributed by atoms with van der Waals surface area (Å²) in [6.45, 7) is 4.26. The molecule has 1 heterocycles. The number of rotatable bonds is 8. The highest BCUT2D eigenvalue weighted by Crippen LogP contribution is 2.04. The van der Waals surface area contributed by atoms with Gasteiger partial charge in [-0.3, -0.25) is 4.79 Å². The van der Waals surface area contributed by atoms with Crippen LogP contribution in [0.5, 0.6) is 0 Å². The second-order valence-corrected chi connectivity index (χ2v) is 4.96. The van der Waals surface area contributed by atoms with E-state index in [0.29, 0.717) is 13.1 Å². The van der Waals surface area contributed by atoms with Crippen molar-refractivity contribution in [3.05, 3.63) is 24.0 Å². The minimum atomic E-state index is -1.02. The van der Waals surface area contributed by atoms with E-state index < -0.39 is 5.97 Å². The van der Waals surface area contributed by atoms with Crippen LogP contribution >= 0.6 is 0 Å². The molecule has 1 aromatic rings. The molecule has 1 N–H and O–H groups in total. The summed E-state index contributed by atoms with van der Waals surface area (Å²) in [4.78, 5) is 27.0. The molecule has 6 nitrogen and oxygen atoms in total. The highest BCUT2D eigenvalue weighted by atomic mass is 16.4. The molecule has 1 aromatic heterocycles. The second-order valence-electron chi connectivity index (χ2n) is 4.96. The van der Waals surface area contributed by atoms with Gasteiger partial charge in [-0.25, -0.2) is 4.79 Å². The van der Waals surface area contributed by atoms with E-state index in [9.17, 15) is 9.59 Å². The molecular formula is C14H23N3O3. The Bertz CT molecular complexity index is 454. The second kappa shape index (κ2) is 7.69. The molecule has 0 fully saturated rings. The van der Waals surface area contributed by atoms with E-state index in [1.54, 1.807) is 17.2 Å². The third-order valence-electron chi connectivity index (χ3n) is 3.12. The van der Waals surface area contributed by atoms with E-state index >= 15 is 0 Å². The van der Waals surface area contributed by atoms with Crippen molar-refractivity contribution in [2.75, 3.05) is 33.7 Å². The Hall–Kier alpha value is -1.82. The van der Waals surface area contributed by atoms with Crippen LogP contribution in [0.3, 0.4) is 0 Å². The Morgan fingerprint density at radius 1 is 1.30 bits per heavy atom. The van der Waals surface area contributed by atoms with E-state index in [1.165, 1.54) is 10.6 Å². The lowest BCUT2D eigenvalue weighted by atomic mass is 10.3. The van der Waals surface area contributed by atoms with Gasteiger partial charge in [-0.05, 0) is 46.1 Å². The third-order valence-corrected chi connectivity index (χ3v) is 3.12. The number of carbonyl (C=O) groups excluding carboxylic acids is 1. The van der Waals surface area contributed by atoms with Gasteiger partial charge in [0.25, 0.3) is 0 Å². The van der Waals surface area contributed by atoms with E-state index in [0.717, 1.165) is 13.0 Å². The smallest absolute Gasteiger partial charge is 0.352 e. The zero-order valence-corrected chi connectivity index (χ0v) is 12.4. The average Bonchev–Trinajstić information content (AvgIpc) is 2.82. The number of aromatic nitrogens is 1. The molecule has 0 aliphatic carbocycles. The molecule has 1 rings (SSSR count). The maximum atomic E-state index is 12.2. The Morgan fingerprint density at radius 3 is 2.55 bits per heavy atom. The number of nitrogens with zero attached hydrogens (tertiary/aromatic N) is 3. The van der Waals surface area contributed by atoms with Gasteiger partial charge in [-0.2, -0.15) is 0 Å². The van der Waals surface area contributed by atoms with E-state index in [4.69, 9.17) is 5.11 Å². The topological polar surface area (TPSA) is 65.8 Å². The van der Waals surface area contributed by atoms with Crippen molar-refractivity contribution < 1.29 is 14.7 Å². The van der Waals surface area contributed by atoms with Crippen LogP contribution in [-0.4, -0.2) is 65.1 Å². The predicted molar refractivity (Wildman–Crippen MR) is 76.8 cm³/mol. The molecule has 0 aliphatic rings. The number of amides is 1. The van der Waals surface area contributed by atoms with Crippen LogP contribution < -0.4 is 0 Å². The first kappa shape index (κ1) is 16.2. The zero-order chi connectivity index (χ0) is 15.1. The van der Waals surface area contributed by atoms with Gasteiger partial charge in [0.1, 0.15) is 12.2 Å². The van der Waals surface area contributed by atoms with Crippen LogP contribution in [0.1, 0.15) is 23.8 Å². The summed E-state index contributed by atoms with van der Waals surface area (Å²) in [7, 11) is 3.99. The molecule has 0 aromatic carbocycles. The van der Waals surface area contributed by atoms with Crippen LogP contribution in [-0.2, 0) is 11.3 Å². The Labute approximate surface area is 119 Å². The van der Waals surface area contributed by atoms with Crippen LogP contribution in [0, 0.1) is 0 Å². The minimum absolute atomic E-state index is 0.0510. The molecule has 1 amide bonds. The first-order chi connectivity index (χ1) is 9.45. The molecular weight excluding hydrogens is 258 g/mol. The van der Waals surface area contributed by atoms with Crippen LogP contribution in [0.4, 0.5) is 0 Å². The maximum absolute atomic E-state index is 12.2. The molecule has 0 aliphatic heterocycles. The van der Waals surface area contributed by atoms with Crippen molar-refractivity contribution in [1.82, 2.24) is 14.4 Å². The quantitative estimate of drug-likeness (QED) is 0.771. The van der Waals surface area contributed by atoms with Crippen molar-refractivity contribution >= 4 is 11.9 Å². The highest BCUT2D eigenvalue weighted by molar-refractivity contribution is 5.86. The van der Waals surface area contributed by atoms with Gasteiger partial charge in [-0.1, -0.05) is 0 Å². The number of carboxylic acid groups (broad SMARTS) is 1. The van der Waals surface area contributed by atoms with Crippen LogP contribution in [0.2, 0.25) is 0 Å². The summed E-state index contributed by atoms with van der Waals surface area (Å²) in [5.74, 6) is -1.07. The first-order valence-corrected chi connectivity index (χ1v) is 6.76. The summed E-state index contributed by atoms with van der Waals surface area (Å²) in [5, 5.41) is 9.01. The van der Waals surface area contributed by atoms with Gasteiger partial charge in [-0.15, -0.1) is 0 Å². The van der Waals surface area contributed by atoms with Gasteiger partial charge in [0.15, 0.2) is 0 Å². The molecule has 0 saturated carbocycles. The summed E-state index contributed by atoms with van der Waals surface area (Å²) in [5.41, 5.74) is 0.141. The number of carboxylic acids is 1. The van der Waals surface area contributed by atoms with Crippen molar-refractivity contribution in [3.8, 4) is 0 Å². The number of carbonyl (C=O) groups is 2. The lowest BCUT2D eigenvalue weighted by molar-refractivity contribution is -0.131. The Morgan fingerprint density at radius 2 is 2.00 bits per heavy atom. The Balaban J connectivity index is 2.58. The van der Waals surface area contributed by atoms with Crippen molar-refractivity contribution in [3.63, 3.8) is 0 Å². The molecule has 0 atom stereocenters. The summed E-state index contributed by atoms with van der Waals surface area (Å²) >= 11 is 0. The van der Waals surface area contributed by atoms with Gasteiger partial charge in [0.05, 0.1) is 0 Å². The first-order valence-electron chi connectivity index (χ1n) is 6.76. The molecule has 0 unspecified atom stereocenters. The third kappa shape index (κ3) is 4.70. The van der Waals surface area contributed by atoms with Crippen molar-refractivity contribution in [1.29, 1.82) is 0 Å². The lowest BCUT2D eigenvalue weighted by Gasteiger charge is -2.22. The molecule has 0 radical (unpaired) electrons. The van der Waals surface area contributed by atoms with Gasteiger partial charge < -0.3 is 19.5 Å². The molecule has 0 saturated heterocycles. The predicted octanol–water partition coefficient (Wildman–Crippen LogP) is 0.986. The largest absolute Gasteiger partial charge is 0.477 e. The number of aromatic carboxylic acids is 1. The summed E-state index contributed by atoms with van der Waals surface area (Å²) in [6.07, 6.45) is 2.53. The maximum Gasteiger partial charge on any atom is 0.352 e. The number of likely N-dealkylation sites (N-methyl/N-ethyl adjacent to an activating group) is 1. The van der Waals surface area contributed by atoms with Crippen LogP contribution in [0.25, 0.3) is 0 Å². The zero-order valence-electron chi connectivity index (χ0n) is 12.4. The molecule has 20 heavy (non-hydrogen) atoms.